The van der Waals surface area contributed by atoms with E-state index in [2.05, 4.69) is 11.5 Å². The van der Waals surface area contributed by atoms with Crippen molar-refractivity contribution in [3.63, 3.8) is 0 Å². The zero-order chi connectivity index (χ0) is 17.8. The maximum atomic E-state index is 11.3. The fourth-order valence-electron chi connectivity index (χ4n) is 2.96. The third-order valence-electron chi connectivity index (χ3n) is 3.94. The first kappa shape index (κ1) is 20.1. The molecule has 2 bridgehead atoms. The minimum Gasteiger partial charge on any atom is -0.370 e. The van der Waals surface area contributed by atoms with E-state index in [0.717, 1.165) is 0 Å². The number of guanidine groups is 1. The van der Waals surface area contributed by atoms with Gasteiger partial charge < -0.3 is 11.5 Å². The Morgan fingerprint density at radius 2 is 1.35 bits per heavy atom. The van der Waals surface area contributed by atoms with E-state index in [4.69, 9.17) is 83.4 Å². The summed E-state index contributed by atoms with van der Waals surface area (Å²) in [7, 11) is 0. The SMILES string of the molecule is N=C(N)N.O=S1OCC2C(CO1)C1(Cl)C(Cl)=C(Cl)C2(Cl)C1(Cl)Cl. The van der Waals surface area contributed by atoms with Crippen molar-refractivity contribution in [1.29, 1.82) is 5.41 Å². The van der Waals surface area contributed by atoms with Crippen LogP contribution in [0.4, 0.5) is 0 Å². The molecular formula is C10H11Cl6N3O3S. The highest BCUT2D eigenvalue weighted by Crippen LogP contribution is 2.76. The summed E-state index contributed by atoms with van der Waals surface area (Å²) in [6.07, 6.45) is 0. The summed E-state index contributed by atoms with van der Waals surface area (Å²) in [4.78, 5) is -2.78. The van der Waals surface area contributed by atoms with Crippen molar-refractivity contribution in [2.75, 3.05) is 13.2 Å². The number of hydrogen-bond acceptors (Lipinski definition) is 4. The fraction of sp³-hybridized carbons (Fsp3) is 0.700. The van der Waals surface area contributed by atoms with E-state index in [0.29, 0.717) is 0 Å². The van der Waals surface area contributed by atoms with Gasteiger partial charge in [0.25, 0.3) is 0 Å². The van der Waals surface area contributed by atoms with E-state index >= 15 is 0 Å². The molecule has 2 fully saturated rings. The average molecular weight is 466 g/mol. The molecule has 0 spiro atoms. The monoisotopic (exact) mass is 463 g/mol. The minimum atomic E-state index is -1.86. The second-order valence-electron chi connectivity index (χ2n) is 5.07. The van der Waals surface area contributed by atoms with Crippen LogP contribution >= 0.6 is 69.6 Å². The molecule has 132 valence electrons. The van der Waals surface area contributed by atoms with Gasteiger partial charge in [0.15, 0.2) is 10.3 Å². The van der Waals surface area contributed by atoms with Crippen LogP contribution in [-0.2, 0) is 19.7 Å². The predicted molar refractivity (Wildman–Crippen MR) is 93.5 cm³/mol. The third-order valence-corrected chi connectivity index (χ3v) is 8.95. The molecule has 3 rings (SSSR count). The number of alkyl halides is 4. The Balaban J connectivity index is 0.000000433. The van der Waals surface area contributed by atoms with Gasteiger partial charge in [-0.25, -0.2) is 0 Å². The third kappa shape index (κ3) is 2.67. The van der Waals surface area contributed by atoms with E-state index in [1.54, 1.807) is 0 Å². The van der Waals surface area contributed by atoms with Gasteiger partial charge in [0.2, 0.25) is 0 Å². The van der Waals surface area contributed by atoms with E-state index in [1.807, 2.05) is 0 Å². The highest BCUT2D eigenvalue weighted by atomic mass is 35.5. The lowest BCUT2D eigenvalue weighted by Crippen LogP contribution is -2.45. The normalized spacial score (nSPS) is 44.2. The Morgan fingerprint density at radius 1 is 1.04 bits per heavy atom. The molecule has 0 aromatic rings. The van der Waals surface area contributed by atoms with Gasteiger partial charge in [-0.05, 0) is 0 Å². The van der Waals surface area contributed by atoms with Crippen molar-refractivity contribution in [3.8, 4) is 0 Å². The summed E-state index contributed by atoms with van der Waals surface area (Å²) in [6, 6.07) is 0. The van der Waals surface area contributed by atoms with Crippen molar-refractivity contribution in [1.82, 2.24) is 0 Å². The Kier molecular flexibility index (Phi) is 5.71. The molecule has 1 saturated heterocycles. The van der Waals surface area contributed by atoms with Gasteiger partial charge in [0.05, 0.1) is 23.3 Å². The fourth-order valence-corrected chi connectivity index (χ4v) is 6.60. The molecule has 4 unspecified atom stereocenters. The van der Waals surface area contributed by atoms with Crippen LogP contribution in [0.5, 0.6) is 0 Å². The lowest BCUT2D eigenvalue weighted by Gasteiger charge is -2.33. The number of fused-ring (bicyclic) bond motifs is 5. The minimum absolute atomic E-state index is 0.0107. The molecule has 5 N–H and O–H groups in total. The topological polar surface area (TPSA) is 111 Å². The van der Waals surface area contributed by atoms with Crippen molar-refractivity contribution >= 4 is 86.9 Å². The summed E-state index contributed by atoms with van der Waals surface area (Å²) < 4.78 is 19.7. The Morgan fingerprint density at radius 3 is 1.65 bits per heavy atom. The molecule has 1 aliphatic heterocycles. The molecule has 0 radical (unpaired) electrons. The second kappa shape index (κ2) is 6.52. The summed E-state index contributed by atoms with van der Waals surface area (Å²) in [5, 5.41) is 6.27. The van der Waals surface area contributed by atoms with Gasteiger partial charge in [0, 0.05) is 11.8 Å². The largest absolute Gasteiger partial charge is 0.370 e. The first-order valence-electron chi connectivity index (χ1n) is 6.02. The molecule has 2 aliphatic carbocycles. The van der Waals surface area contributed by atoms with E-state index in [9.17, 15) is 4.21 Å². The molecule has 0 amide bonds. The van der Waals surface area contributed by atoms with Crippen molar-refractivity contribution in [3.05, 3.63) is 10.1 Å². The van der Waals surface area contributed by atoms with Crippen LogP contribution in [0.25, 0.3) is 0 Å². The summed E-state index contributed by atoms with van der Waals surface area (Å²) in [5.41, 5.74) is 8.94. The molecule has 1 heterocycles. The van der Waals surface area contributed by atoms with Crippen LogP contribution in [-0.4, -0.2) is 37.5 Å². The quantitative estimate of drug-likeness (QED) is 0.289. The van der Waals surface area contributed by atoms with Crippen molar-refractivity contribution in [2.45, 2.75) is 14.1 Å². The highest BCUT2D eigenvalue weighted by Gasteiger charge is 2.82. The molecule has 4 atom stereocenters. The summed E-state index contributed by atoms with van der Waals surface area (Å²) in [6.45, 7) is 0.0215. The zero-order valence-electron chi connectivity index (χ0n) is 11.1. The first-order valence-corrected chi connectivity index (χ1v) is 9.28. The number of nitrogens with two attached hydrogens (primary N) is 2. The maximum Gasteiger partial charge on any atom is 0.304 e. The molecular weight excluding hydrogens is 455 g/mol. The number of hydrogen-bond donors (Lipinski definition) is 3. The average Bonchev–Trinajstić information content (AvgIpc) is 2.63. The van der Waals surface area contributed by atoms with Gasteiger partial charge in [-0.2, -0.15) is 4.21 Å². The summed E-state index contributed by atoms with van der Waals surface area (Å²) >= 11 is 36.4. The zero-order valence-corrected chi connectivity index (χ0v) is 16.5. The van der Waals surface area contributed by atoms with Crippen LogP contribution in [0.3, 0.4) is 0 Å². The standard InChI is InChI=1S/C9H6Cl6O3S.CH5N3/c10-5-6(11)8(13)4-2-18-19(16)17-1-3(4)7(5,12)9(8,14)15;2-1(3)4/h3-4H,1-2H2;(H5,2,3,4). The van der Waals surface area contributed by atoms with Gasteiger partial charge >= 0.3 is 11.4 Å². The molecule has 3 aliphatic rings. The number of nitrogens with one attached hydrogen (secondary N) is 1. The molecule has 13 heteroatoms. The van der Waals surface area contributed by atoms with Gasteiger partial charge in [-0.3, -0.25) is 13.8 Å². The highest BCUT2D eigenvalue weighted by molar-refractivity contribution is 7.75. The Bertz CT molecular complexity index is 560. The predicted octanol–water partition coefficient (Wildman–Crippen LogP) is 2.53. The lowest BCUT2D eigenvalue weighted by atomic mass is 9.83. The second-order valence-corrected chi connectivity index (χ2v) is 9.22. The van der Waals surface area contributed by atoms with Gasteiger partial charge in [0.1, 0.15) is 9.75 Å². The van der Waals surface area contributed by atoms with Crippen LogP contribution in [0.1, 0.15) is 0 Å². The van der Waals surface area contributed by atoms with E-state index < -0.39 is 37.3 Å². The molecule has 0 aromatic carbocycles. The number of allylic oxidation sites excluding steroid dienone is 2. The number of halogens is 6. The smallest absolute Gasteiger partial charge is 0.304 e. The van der Waals surface area contributed by atoms with Crippen molar-refractivity contribution in [2.24, 2.45) is 23.3 Å². The van der Waals surface area contributed by atoms with Gasteiger partial charge in [-0.1, -0.05) is 46.4 Å². The maximum absolute atomic E-state index is 11.3. The van der Waals surface area contributed by atoms with Gasteiger partial charge in [-0.15, -0.1) is 23.2 Å². The molecule has 1 saturated carbocycles. The van der Waals surface area contributed by atoms with Crippen LogP contribution in [0, 0.1) is 17.2 Å². The lowest BCUT2D eigenvalue weighted by molar-refractivity contribution is 0.207. The summed E-state index contributed by atoms with van der Waals surface area (Å²) in [5.74, 6) is -1.24. The Labute approximate surface area is 165 Å². The van der Waals surface area contributed by atoms with Crippen molar-refractivity contribution < 1.29 is 12.6 Å². The van der Waals surface area contributed by atoms with E-state index in [-0.39, 0.29) is 29.2 Å². The Hall–Kier alpha value is 0.820. The first-order chi connectivity index (χ1) is 10.4. The van der Waals surface area contributed by atoms with Crippen LogP contribution < -0.4 is 11.5 Å². The molecule has 6 nitrogen and oxygen atoms in total. The number of rotatable bonds is 0. The van der Waals surface area contributed by atoms with E-state index in [1.165, 1.54) is 0 Å². The van der Waals surface area contributed by atoms with Crippen LogP contribution in [0.2, 0.25) is 0 Å². The molecule has 23 heavy (non-hydrogen) atoms. The van der Waals surface area contributed by atoms with Crippen LogP contribution in [0.15, 0.2) is 10.1 Å². The molecule has 0 aromatic heterocycles.